The maximum absolute atomic E-state index is 12.8. The van der Waals surface area contributed by atoms with E-state index in [1.807, 2.05) is 36.9 Å². The maximum atomic E-state index is 12.8. The number of aryl methyl sites for hydroxylation is 2. The lowest BCUT2D eigenvalue weighted by Crippen LogP contribution is -2.42. The number of sulfone groups is 1. The van der Waals surface area contributed by atoms with Gasteiger partial charge in [-0.05, 0) is 44.0 Å². The molecule has 0 bridgehead atoms. The van der Waals surface area contributed by atoms with Crippen molar-refractivity contribution in [2.45, 2.75) is 26.8 Å². The zero-order valence-electron chi connectivity index (χ0n) is 16.8. The van der Waals surface area contributed by atoms with Gasteiger partial charge in [0, 0.05) is 36.6 Å². The first-order valence-electron chi connectivity index (χ1n) is 9.55. The molecule has 7 heteroatoms. The third kappa shape index (κ3) is 4.83. The molecule has 0 saturated carbocycles. The van der Waals surface area contributed by atoms with Crippen molar-refractivity contribution in [1.82, 2.24) is 9.47 Å². The van der Waals surface area contributed by atoms with Gasteiger partial charge in [-0.25, -0.2) is 8.42 Å². The van der Waals surface area contributed by atoms with Gasteiger partial charge >= 0.3 is 0 Å². The maximum Gasteiger partial charge on any atom is 0.178 e. The van der Waals surface area contributed by atoms with Crippen LogP contribution in [0.4, 0.5) is 0 Å². The lowest BCUT2D eigenvalue weighted by molar-refractivity contribution is 0.0935. The van der Waals surface area contributed by atoms with E-state index in [1.165, 1.54) is 5.56 Å². The number of benzene rings is 1. The molecule has 0 spiro atoms. The Morgan fingerprint density at radius 2 is 1.75 bits per heavy atom. The molecule has 1 aromatic heterocycles. The van der Waals surface area contributed by atoms with Crippen molar-refractivity contribution in [2.24, 2.45) is 0 Å². The fourth-order valence-corrected chi connectivity index (χ4v) is 4.93. The largest absolute Gasteiger partial charge is 0.497 e. The minimum absolute atomic E-state index is 0.0584. The molecule has 1 fully saturated rings. The average molecular weight is 405 g/mol. The van der Waals surface area contributed by atoms with E-state index in [0.29, 0.717) is 13.1 Å². The minimum Gasteiger partial charge on any atom is -0.497 e. The molecule has 0 amide bonds. The van der Waals surface area contributed by atoms with Crippen LogP contribution in [0.15, 0.2) is 30.3 Å². The summed E-state index contributed by atoms with van der Waals surface area (Å²) in [4.78, 5) is 14.7. The van der Waals surface area contributed by atoms with Crippen molar-refractivity contribution in [3.8, 4) is 5.75 Å². The van der Waals surface area contributed by atoms with Crippen LogP contribution in [-0.2, 0) is 22.8 Å². The molecule has 0 atom stereocenters. The highest BCUT2D eigenvalue weighted by Gasteiger charge is 2.24. The number of hydrogen-bond acceptors (Lipinski definition) is 5. The minimum atomic E-state index is -2.93. The number of ketones is 1. The topological polar surface area (TPSA) is 68.6 Å². The van der Waals surface area contributed by atoms with E-state index >= 15 is 0 Å². The number of rotatable bonds is 7. The molecule has 3 rings (SSSR count). The summed E-state index contributed by atoms with van der Waals surface area (Å²) < 4.78 is 30.5. The summed E-state index contributed by atoms with van der Waals surface area (Å²) in [6.45, 7) is 5.95. The molecule has 0 radical (unpaired) electrons. The van der Waals surface area contributed by atoms with Crippen LogP contribution in [0, 0.1) is 13.8 Å². The van der Waals surface area contributed by atoms with Gasteiger partial charge in [-0.15, -0.1) is 0 Å². The van der Waals surface area contributed by atoms with Gasteiger partial charge < -0.3 is 9.30 Å². The molecular weight excluding hydrogens is 376 g/mol. The van der Waals surface area contributed by atoms with Crippen LogP contribution in [0.5, 0.6) is 5.75 Å². The van der Waals surface area contributed by atoms with Crippen LogP contribution < -0.4 is 4.74 Å². The number of aromatic nitrogens is 1. The summed E-state index contributed by atoms with van der Waals surface area (Å²) in [6, 6.07) is 9.98. The van der Waals surface area contributed by atoms with E-state index in [0.717, 1.165) is 35.7 Å². The van der Waals surface area contributed by atoms with E-state index < -0.39 is 9.84 Å². The first kappa shape index (κ1) is 20.6. The number of methoxy groups -OCH3 is 1. The van der Waals surface area contributed by atoms with Crippen molar-refractivity contribution < 1.29 is 17.9 Å². The number of ether oxygens (including phenoxy) is 1. The van der Waals surface area contributed by atoms with Crippen molar-refractivity contribution in [1.29, 1.82) is 0 Å². The smallest absolute Gasteiger partial charge is 0.178 e. The molecule has 6 nitrogen and oxygen atoms in total. The van der Waals surface area contributed by atoms with Crippen LogP contribution in [0.1, 0.15) is 27.3 Å². The van der Waals surface area contributed by atoms with E-state index in [1.54, 1.807) is 7.11 Å². The second-order valence-corrected chi connectivity index (χ2v) is 9.69. The standard InChI is InChI=1S/C21H28N2O4S/c1-16-14-20(21(24)15-22-10-12-28(25,26)13-11-22)17(2)23(16)9-8-18-4-6-19(27-3)7-5-18/h4-7,14H,8-13,15H2,1-3H3. The van der Waals surface area contributed by atoms with Crippen molar-refractivity contribution in [3.05, 3.63) is 52.8 Å². The molecule has 1 aliphatic rings. The predicted octanol–water partition coefficient (Wildman–Crippen LogP) is 2.27. The number of carbonyl (C=O) groups excluding carboxylic acids is 1. The van der Waals surface area contributed by atoms with Crippen molar-refractivity contribution in [2.75, 3.05) is 38.2 Å². The Bertz CT molecular complexity index is 932. The molecule has 2 heterocycles. The molecule has 1 aromatic carbocycles. The molecule has 0 aliphatic carbocycles. The summed E-state index contributed by atoms with van der Waals surface area (Å²) in [7, 11) is -1.27. The average Bonchev–Trinajstić information content (AvgIpc) is 2.96. The van der Waals surface area contributed by atoms with Crippen molar-refractivity contribution >= 4 is 15.6 Å². The Kier molecular flexibility index (Phi) is 6.25. The Balaban J connectivity index is 1.64. The van der Waals surface area contributed by atoms with E-state index in [9.17, 15) is 13.2 Å². The van der Waals surface area contributed by atoms with Crippen LogP contribution in [-0.4, -0.2) is 61.9 Å². The second kappa shape index (κ2) is 8.49. The molecule has 1 saturated heterocycles. The molecule has 0 unspecified atom stereocenters. The zero-order valence-corrected chi connectivity index (χ0v) is 17.6. The predicted molar refractivity (Wildman–Crippen MR) is 110 cm³/mol. The first-order valence-corrected chi connectivity index (χ1v) is 11.4. The van der Waals surface area contributed by atoms with Gasteiger partial charge in [-0.3, -0.25) is 9.69 Å². The molecule has 28 heavy (non-hydrogen) atoms. The highest BCUT2D eigenvalue weighted by atomic mass is 32.2. The third-order valence-electron chi connectivity index (χ3n) is 5.46. The first-order chi connectivity index (χ1) is 13.3. The third-order valence-corrected chi connectivity index (χ3v) is 7.07. The van der Waals surface area contributed by atoms with Gasteiger partial charge in [-0.2, -0.15) is 0 Å². The van der Waals surface area contributed by atoms with E-state index in [-0.39, 0.29) is 23.8 Å². The fourth-order valence-electron chi connectivity index (χ4n) is 3.66. The monoisotopic (exact) mass is 404 g/mol. The highest BCUT2D eigenvalue weighted by molar-refractivity contribution is 7.91. The van der Waals surface area contributed by atoms with Crippen LogP contribution >= 0.6 is 0 Å². The van der Waals surface area contributed by atoms with Crippen LogP contribution in [0.25, 0.3) is 0 Å². The lowest BCUT2D eigenvalue weighted by atomic mass is 10.1. The summed E-state index contributed by atoms with van der Waals surface area (Å²) >= 11 is 0. The van der Waals surface area contributed by atoms with Crippen molar-refractivity contribution in [3.63, 3.8) is 0 Å². The number of Topliss-reactive ketones (excluding diaryl/α,β-unsaturated/α-hetero) is 1. The Morgan fingerprint density at radius 3 is 2.36 bits per heavy atom. The van der Waals surface area contributed by atoms with Gasteiger partial charge in [0.2, 0.25) is 0 Å². The van der Waals surface area contributed by atoms with Gasteiger partial charge in [-0.1, -0.05) is 12.1 Å². The van der Waals surface area contributed by atoms with Crippen LogP contribution in [0.2, 0.25) is 0 Å². The number of hydrogen-bond donors (Lipinski definition) is 0. The van der Waals surface area contributed by atoms with E-state index in [2.05, 4.69) is 16.7 Å². The number of nitrogens with zero attached hydrogens (tertiary/aromatic N) is 2. The highest BCUT2D eigenvalue weighted by Crippen LogP contribution is 2.19. The number of carbonyl (C=O) groups is 1. The molecular formula is C21H28N2O4S. The quantitative estimate of drug-likeness (QED) is 0.662. The Morgan fingerprint density at radius 1 is 1.11 bits per heavy atom. The normalized spacial score (nSPS) is 16.8. The fraction of sp³-hybridized carbons (Fsp3) is 0.476. The molecule has 152 valence electrons. The summed E-state index contributed by atoms with van der Waals surface area (Å²) in [5.74, 6) is 1.18. The van der Waals surface area contributed by atoms with Gasteiger partial charge in [0.15, 0.2) is 15.6 Å². The van der Waals surface area contributed by atoms with E-state index in [4.69, 9.17) is 4.74 Å². The SMILES string of the molecule is COc1ccc(CCn2c(C)cc(C(=O)CN3CCS(=O)(=O)CC3)c2C)cc1. The summed E-state index contributed by atoms with van der Waals surface area (Å²) in [5.41, 5.74) is 3.99. The van der Waals surface area contributed by atoms with Gasteiger partial charge in [0.25, 0.3) is 0 Å². The molecule has 1 aliphatic heterocycles. The van der Waals surface area contributed by atoms with Gasteiger partial charge in [0.05, 0.1) is 25.2 Å². The second-order valence-electron chi connectivity index (χ2n) is 7.39. The Labute approximate surface area is 167 Å². The van der Waals surface area contributed by atoms with Crippen LogP contribution in [0.3, 0.4) is 0 Å². The summed E-state index contributed by atoms with van der Waals surface area (Å²) in [6.07, 6.45) is 0.873. The summed E-state index contributed by atoms with van der Waals surface area (Å²) in [5, 5.41) is 0. The molecule has 2 aromatic rings. The zero-order chi connectivity index (χ0) is 20.3. The lowest BCUT2D eigenvalue weighted by Gasteiger charge is -2.25. The van der Waals surface area contributed by atoms with Gasteiger partial charge in [0.1, 0.15) is 5.75 Å². The Hall–Kier alpha value is -2.12. The molecule has 0 N–H and O–H groups in total.